The lowest BCUT2D eigenvalue weighted by Gasteiger charge is -2.18. The highest BCUT2D eigenvalue weighted by molar-refractivity contribution is 7.89. The van der Waals surface area contributed by atoms with Crippen LogP contribution in [0.15, 0.2) is 47.4 Å². The number of hydrogen-bond donors (Lipinski definition) is 1. The Morgan fingerprint density at radius 3 is 2.31 bits per heavy atom. The maximum atomic E-state index is 12.8. The van der Waals surface area contributed by atoms with Gasteiger partial charge in [0.05, 0.1) is 38.3 Å². The van der Waals surface area contributed by atoms with Crippen LogP contribution < -0.4 is 14.8 Å². The summed E-state index contributed by atoms with van der Waals surface area (Å²) < 4.78 is 41.3. The molecule has 1 amide bonds. The zero-order valence-corrected chi connectivity index (χ0v) is 17.3. The van der Waals surface area contributed by atoms with E-state index in [1.807, 2.05) is 0 Å². The third-order valence-electron chi connectivity index (χ3n) is 4.00. The van der Waals surface area contributed by atoms with Crippen LogP contribution in [0.5, 0.6) is 11.5 Å². The summed E-state index contributed by atoms with van der Waals surface area (Å²) in [7, 11) is 1.43. The van der Waals surface area contributed by atoms with Crippen LogP contribution in [0.2, 0.25) is 0 Å². The fourth-order valence-corrected chi connectivity index (χ4v) is 3.63. The number of carbonyl (C=O) groups excluding carboxylic acids is 2. The molecule has 0 aliphatic carbocycles. The summed E-state index contributed by atoms with van der Waals surface area (Å²) in [5.74, 6) is -0.476. The van der Waals surface area contributed by atoms with E-state index in [0.717, 1.165) is 4.31 Å². The van der Waals surface area contributed by atoms with Crippen molar-refractivity contribution in [2.45, 2.75) is 4.90 Å². The molecule has 2 rings (SSSR count). The van der Waals surface area contributed by atoms with Crippen LogP contribution in [0.4, 0.5) is 5.69 Å². The normalized spacial score (nSPS) is 11.1. The van der Waals surface area contributed by atoms with Crippen LogP contribution in [0.3, 0.4) is 0 Å². The van der Waals surface area contributed by atoms with Crippen LogP contribution >= 0.6 is 0 Å². The first-order valence-corrected chi connectivity index (χ1v) is 9.83. The molecular weight excluding hydrogens is 400 g/mol. The summed E-state index contributed by atoms with van der Waals surface area (Å²) in [5.41, 5.74) is 0.603. The number of ether oxygens (including phenoxy) is 3. The minimum absolute atomic E-state index is 0.0434. The minimum Gasteiger partial charge on any atom is -0.493 e. The monoisotopic (exact) mass is 422 g/mol. The van der Waals surface area contributed by atoms with Crippen molar-refractivity contribution in [3.8, 4) is 11.5 Å². The first-order valence-electron chi connectivity index (χ1n) is 8.39. The van der Waals surface area contributed by atoms with Gasteiger partial charge in [0, 0.05) is 18.8 Å². The largest absolute Gasteiger partial charge is 0.493 e. The lowest BCUT2D eigenvalue weighted by atomic mass is 10.2. The molecule has 0 radical (unpaired) electrons. The van der Waals surface area contributed by atoms with Gasteiger partial charge >= 0.3 is 5.97 Å². The van der Waals surface area contributed by atoms with Crippen molar-refractivity contribution in [1.82, 2.24) is 4.31 Å². The van der Waals surface area contributed by atoms with E-state index in [0.29, 0.717) is 11.4 Å². The fraction of sp³-hybridized carbons (Fsp3) is 0.263. The van der Waals surface area contributed by atoms with E-state index in [1.165, 1.54) is 58.7 Å². The zero-order chi connectivity index (χ0) is 21.6. The number of amides is 1. The lowest BCUT2D eigenvalue weighted by Crippen LogP contribution is -2.35. The van der Waals surface area contributed by atoms with Crippen LogP contribution in [-0.4, -0.2) is 59.5 Å². The predicted octanol–water partition coefficient (Wildman–Crippen LogP) is 1.75. The number of rotatable bonds is 8. The first kappa shape index (κ1) is 22.2. The Morgan fingerprint density at radius 2 is 1.69 bits per heavy atom. The van der Waals surface area contributed by atoms with Gasteiger partial charge in [0.2, 0.25) is 15.9 Å². The van der Waals surface area contributed by atoms with E-state index in [9.17, 15) is 18.0 Å². The maximum absolute atomic E-state index is 12.8. The summed E-state index contributed by atoms with van der Waals surface area (Å²) in [5, 5.41) is 2.56. The Kier molecular flexibility index (Phi) is 7.18. The van der Waals surface area contributed by atoms with Crippen molar-refractivity contribution in [2.75, 3.05) is 40.2 Å². The molecule has 2 aromatic rings. The van der Waals surface area contributed by atoms with E-state index in [-0.39, 0.29) is 16.2 Å². The number of nitrogens with one attached hydrogen (secondary N) is 1. The number of nitrogens with zero attached hydrogens (tertiary/aromatic N) is 1. The highest BCUT2D eigenvalue weighted by Crippen LogP contribution is 2.30. The Balaban J connectivity index is 2.13. The van der Waals surface area contributed by atoms with E-state index in [2.05, 4.69) is 10.1 Å². The molecular formula is C19H22N2O7S. The fourth-order valence-electron chi connectivity index (χ4n) is 2.49. The summed E-state index contributed by atoms with van der Waals surface area (Å²) in [4.78, 5) is 23.8. The number of sulfonamides is 1. The summed E-state index contributed by atoms with van der Waals surface area (Å²) in [6, 6.07) is 10.3. The molecule has 2 aromatic carbocycles. The van der Waals surface area contributed by atoms with Gasteiger partial charge in [-0.05, 0) is 30.3 Å². The molecule has 0 aliphatic heterocycles. The van der Waals surface area contributed by atoms with Gasteiger partial charge in [-0.3, -0.25) is 4.79 Å². The second-order valence-corrected chi connectivity index (χ2v) is 7.94. The standard InChI is InChI=1S/C19H22N2O7S/c1-21(29(24,25)15-8-9-16(26-2)17(11-15)27-3)12-18(22)20-14-7-5-6-13(10-14)19(23)28-4/h5-11H,12H2,1-4H3,(H,20,22). The molecule has 29 heavy (non-hydrogen) atoms. The van der Waals surface area contributed by atoms with Crippen molar-refractivity contribution < 1.29 is 32.2 Å². The lowest BCUT2D eigenvalue weighted by molar-refractivity contribution is -0.116. The quantitative estimate of drug-likeness (QED) is 0.645. The molecule has 0 atom stereocenters. The molecule has 1 N–H and O–H groups in total. The maximum Gasteiger partial charge on any atom is 0.337 e. The molecule has 0 fully saturated rings. The smallest absolute Gasteiger partial charge is 0.337 e. The number of carbonyl (C=O) groups is 2. The van der Waals surface area contributed by atoms with Gasteiger partial charge in [-0.25, -0.2) is 13.2 Å². The molecule has 9 nitrogen and oxygen atoms in total. The van der Waals surface area contributed by atoms with Crippen molar-refractivity contribution in [2.24, 2.45) is 0 Å². The van der Waals surface area contributed by atoms with Crippen LogP contribution in [0, 0.1) is 0 Å². The molecule has 0 aromatic heterocycles. The summed E-state index contributed by atoms with van der Waals surface area (Å²) >= 11 is 0. The third kappa shape index (κ3) is 5.24. The first-order chi connectivity index (χ1) is 13.7. The summed E-state index contributed by atoms with van der Waals surface area (Å²) in [6.45, 7) is -0.431. The minimum atomic E-state index is -3.95. The van der Waals surface area contributed by atoms with E-state index in [4.69, 9.17) is 9.47 Å². The predicted molar refractivity (Wildman–Crippen MR) is 106 cm³/mol. The van der Waals surface area contributed by atoms with Gasteiger partial charge in [0.15, 0.2) is 11.5 Å². The van der Waals surface area contributed by atoms with Gasteiger partial charge in [0.25, 0.3) is 0 Å². The summed E-state index contributed by atoms with van der Waals surface area (Å²) in [6.07, 6.45) is 0. The number of anilines is 1. The third-order valence-corrected chi connectivity index (χ3v) is 5.80. The molecule has 0 spiro atoms. The number of benzene rings is 2. The van der Waals surface area contributed by atoms with E-state index in [1.54, 1.807) is 12.1 Å². The molecule has 0 unspecified atom stereocenters. The number of esters is 1. The average molecular weight is 422 g/mol. The van der Waals surface area contributed by atoms with Crippen molar-refractivity contribution >= 4 is 27.6 Å². The van der Waals surface area contributed by atoms with Crippen LogP contribution in [0.1, 0.15) is 10.4 Å². The highest BCUT2D eigenvalue weighted by atomic mass is 32.2. The van der Waals surface area contributed by atoms with Crippen LogP contribution in [-0.2, 0) is 19.6 Å². The highest BCUT2D eigenvalue weighted by Gasteiger charge is 2.24. The van der Waals surface area contributed by atoms with Gasteiger partial charge < -0.3 is 19.5 Å². The molecule has 0 aliphatic rings. The molecule has 10 heteroatoms. The van der Waals surface area contributed by atoms with E-state index < -0.39 is 28.4 Å². The van der Waals surface area contributed by atoms with Gasteiger partial charge in [-0.2, -0.15) is 4.31 Å². The number of methoxy groups -OCH3 is 3. The van der Waals surface area contributed by atoms with Gasteiger partial charge in [0.1, 0.15) is 0 Å². The number of hydrogen-bond acceptors (Lipinski definition) is 7. The SMILES string of the molecule is COC(=O)c1cccc(NC(=O)CN(C)S(=O)(=O)c2ccc(OC)c(OC)c2)c1. The van der Waals surface area contributed by atoms with Crippen molar-refractivity contribution in [1.29, 1.82) is 0 Å². The Bertz CT molecular complexity index is 1010. The second-order valence-electron chi connectivity index (χ2n) is 5.90. The molecule has 156 valence electrons. The molecule has 0 saturated carbocycles. The van der Waals surface area contributed by atoms with Crippen molar-refractivity contribution in [3.63, 3.8) is 0 Å². The average Bonchev–Trinajstić information content (AvgIpc) is 2.72. The molecule has 0 bridgehead atoms. The Morgan fingerprint density at radius 1 is 1.00 bits per heavy atom. The van der Waals surface area contributed by atoms with Crippen molar-refractivity contribution in [3.05, 3.63) is 48.0 Å². The van der Waals surface area contributed by atoms with E-state index >= 15 is 0 Å². The second kappa shape index (κ2) is 9.39. The molecule has 0 heterocycles. The Hall–Kier alpha value is -3.11. The van der Waals surface area contributed by atoms with Gasteiger partial charge in [-0.1, -0.05) is 6.07 Å². The topological polar surface area (TPSA) is 111 Å². The van der Waals surface area contributed by atoms with Gasteiger partial charge in [-0.15, -0.1) is 0 Å². The van der Waals surface area contributed by atoms with Crippen LogP contribution in [0.25, 0.3) is 0 Å². The zero-order valence-electron chi connectivity index (χ0n) is 16.5. The molecule has 0 saturated heterocycles. The Labute approximate surface area is 169 Å². The number of likely N-dealkylation sites (N-methyl/N-ethyl adjacent to an activating group) is 1.